The first-order chi connectivity index (χ1) is 12.5. The van der Waals surface area contributed by atoms with Crippen molar-refractivity contribution >= 4 is 15.9 Å². The molecule has 0 saturated carbocycles. The molecule has 1 atom stereocenters. The molecule has 1 aromatic heterocycles. The molecule has 0 spiro atoms. The predicted octanol–water partition coefficient (Wildman–Crippen LogP) is 1.59. The van der Waals surface area contributed by atoms with E-state index >= 15 is 0 Å². The summed E-state index contributed by atoms with van der Waals surface area (Å²) in [5, 5.41) is 0. The summed E-state index contributed by atoms with van der Waals surface area (Å²) in [4.78, 5) is 18.3. The first-order valence-corrected chi connectivity index (χ1v) is 9.81. The lowest BCUT2D eigenvalue weighted by molar-refractivity contribution is 0.0651. The molecule has 1 aromatic carbocycles. The molecule has 1 amide bonds. The molecule has 1 fully saturated rings. The van der Waals surface area contributed by atoms with E-state index in [1.807, 2.05) is 0 Å². The second-order valence-electron chi connectivity index (χ2n) is 6.06. The smallest absolute Gasteiger partial charge is 0.253 e. The van der Waals surface area contributed by atoms with Gasteiger partial charge in [0.05, 0.1) is 23.2 Å². The number of nitrogens with one attached hydrogen (secondary N) is 1. The van der Waals surface area contributed by atoms with Crippen LogP contribution in [0.4, 0.5) is 0 Å². The fourth-order valence-corrected chi connectivity index (χ4v) is 3.92. The highest BCUT2D eigenvalue weighted by Crippen LogP contribution is 2.19. The minimum absolute atomic E-state index is 0.0425. The minimum atomic E-state index is -3.84. The number of benzene rings is 1. The molecule has 1 unspecified atom stereocenters. The maximum atomic E-state index is 12.8. The number of pyridine rings is 1. The Morgan fingerprint density at radius 2 is 2.08 bits per heavy atom. The number of carbonyl (C=O) groups excluding carboxylic acids is 1. The molecule has 0 aliphatic carbocycles. The third-order valence-electron chi connectivity index (χ3n) is 4.21. The topological polar surface area (TPSA) is 88.6 Å². The maximum absolute atomic E-state index is 12.8. The summed E-state index contributed by atoms with van der Waals surface area (Å²) in [5.41, 5.74) is 0.930. The molecule has 138 valence electrons. The van der Waals surface area contributed by atoms with Crippen LogP contribution in [-0.2, 0) is 14.8 Å². The molecule has 0 bridgehead atoms. The van der Waals surface area contributed by atoms with Gasteiger partial charge in [0.15, 0.2) is 0 Å². The van der Waals surface area contributed by atoms with E-state index < -0.39 is 16.1 Å². The Hall–Kier alpha value is -2.29. The van der Waals surface area contributed by atoms with Crippen molar-refractivity contribution in [2.75, 3.05) is 26.8 Å². The van der Waals surface area contributed by atoms with E-state index in [2.05, 4.69) is 9.71 Å². The molecular weight excluding hydrogens is 354 g/mol. The van der Waals surface area contributed by atoms with Crippen LogP contribution in [-0.4, -0.2) is 51.0 Å². The number of nitrogens with zero attached hydrogens (tertiary/aromatic N) is 2. The fourth-order valence-electron chi connectivity index (χ4n) is 2.68. The fraction of sp³-hybridized carbons (Fsp3) is 0.333. The summed E-state index contributed by atoms with van der Waals surface area (Å²) in [6.07, 6.45) is 2.58. The van der Waals surface area contributed by atoms with Crippen molar-refractivity contribution < 1.29 is 17.9 Å². The second kappa shape index (κ2) is 7.94. The Labute approximate surface area is 153 Å². The van der Waals surface area contributed by atoms with Crippen molar-refractivity contribution in [3.63, 3.8) is 0 Å². The van der Waals surface area contributed by atoms with Crippen LogP contribution in [0.25, 0.3) is 0 Å². The lowest BCUT2D eigenvalue weighted by Gasteiger charge is -2.31. The van der Waals surface area contributed by atoms with Crippen LogP contribution >= 0.6 is 0 Å². The zero-order chi connectivity index (χ0) is 18.6. The monoisotopic (exact) mass is 375 g/mol. The number of amides is 1. The number of likely N-dealkylation sites (tertiary alicyclic amines) is 1. The zero-order valence-corrected chi connectivity index (χ0v) is 15.3. The quantitative estimate of drug-likeness (QED) is 0.794. The van der Waals surface area contributed by atoms with E-state index in [-0.39, 0.29) is 17.4 Å². The van der Waals surface area contributed by atoms with Gasteiger partial charge in [-0.2, -0.15) is 4.72 Å². The van der Waals surface area contributed by atoms with Gasteiger partial charge in [-0.15, -0.1) is 0 Å². The highest BCUT2D eigenvalue weighted by molar-refractivity contribution is 7.89. The number of sulfonamides is 1. The lowest BCUT2D eigenvalue weighted by atomic mass is 10.1. The van der Waals surface area contributed by atoms with Crippen LogP contribution in [0.1, 0.15) is 28.5 Å². The molecule has 26 heavy (non-hydrogen) atoms. The second-order valence-corrected chi connectivity index (χ2v) is 7.77. The summed E-state index contributed by atoms with van der Waals surface area (Å²) in [6, 6.07) is 10.7. The van der Waals surface area contributed by atoms with E-state index in [0.717, 1.165) is 6.42 Å². The Morgan fingerprint density at radius 1 is 1.27 bits per heavy atom. The number of aromatic nitrogens is 1. The third kappa shape index (κ3) is 4.09. The third-order valence-corrected chi connectivity index (χ3v) is 5.68. The summed E-state index contributed by atoms with van der Waals surface area (Å²) < 4.78 is 33.3. The Kier molecular flexibility index (Phi) is 5.65. The first kappa shape index (κ1) is 18.5. The number of hydrogen-bond donors (Lipinski definition) is 1. The van der Waals surface area contributed by atoms with Crippen LogP contribution < -0.4 is 4.72 Å². The van der Waals surface area contributed by atoms with Crippen molar-refractivity contribution in [2.45, 2.75) is 17.4 Å². The number of carbonyl (C=O) groups is 1. The first-order valence-electron chi connectivity index (χ1n) is 8.33. The van der Waals surface area contributed by atoms with E-state index in [9.17, 15) is 13.2 Å². The molecule has 1 saturated heterocycles. The Bertz CT molecular complexity index is 867. The largest absolute Gasteiger partial charge is 0.383 e. The van der Waals surface area contributed by atoms with Gasteiger partial charge in [-0.25, -0.2) is 8.42 Å². The van der Waals surface area contributed by atoms with Crippen LogP contribution in [0, 0.1) is 0 Å². The van der Waals surface area contributed by atoms with Crippen molar-refractivity contribution in [3.8, 4) is 0 Å². The van der Waals surface area contributed by atoms with Gasteiger partial charge in [0.1, 0.15) is 0 Å². The van der Waals surface area contributed by atoms with Crippen LogP contribution in [0.3, 0.4) is 0 Å². The van der Waals surface area contributed by atoms with E-state index in [1.165, 1.54) is 19.2 Å². The summed E-state index contributed by atoms with van der Waals surface area (Å²) in [5.74, 6) is -0.147. The molecule has 7 nitrogen and oxygen atoms in total. The SMILES string of the molecule is COCC(NS(=O)(=O)c1cccc(C(=O)N2CCC2)c1)c1ccccn1. The summed E-state index contributed by atoms with van der Waals surface area (Å²) >= 11 is 0. The average Bonchev–Trinajstić information content (AvgIpc) is 2.60. The van der Waals surface area contributed by atoms with Crippen LogP contribution in [0.15, 0.2) is 53.6 Å². The molecule has 1 aliphatic rings. The predicted molar refractivity (Wildman–Crippen MR) is 96.1 cm³/mol. The Balaban J connectivity index is 1.83. The van der Waals surface area contributed by atoms with Gasteiger partial charge >= 0.3 is 0 Å². The van der Waals surface area contributed by atoms with Crippen LogP contribution in [0.2, 0.25) is 0 Å². The summed E-state index contributed by atoms with van der Waals surface area (Å²) in [6.45, 7) is 1.57. The molecule has 1 N–H and O–H groups in total. The minimum Gasteiger partial charge on any atom is -0.383 e. The standard InChI is InChI=1S/C18H21N3O4S/c1-25-13-17(16-8-2-3-9-19-16)20-26(23,24)15-7-4-6-14(12-15)18(22)21-10-5-11-21/h2-4,6-9,12,17,20H,5,10-11,13H2,1H3. The van der Waals surface area contributed by atoms with Gasteiger partial charge in [-0.05, 0) is 36.8 Å². The molecule has 8 heteroatoms. The highest BCUT2D eigenvalue weighted by Gasteiger charge is 2.25. The lowest BCUT2D eigenvalue weighted by Crippen LogP contribution is -2.42. The number of methoxy groups -OCH3 is 1. The molecule has 1 aliphatic heterocycles. The van der Waals surface area contributed by atoms with E-state index in [1.54, 1.807) is 41.4 Å². The van der Waals surface area contributed by atoms with Gasteiger partial charge in [0, 0.05) is 32.0 Å². The van der Waals surface area contributed by atoms with Gasteiger partial charge in [-0.1, -0.05) is 12.1 Å². The van der Waals surface area contributed by atoms with Gasteiger partial charge < -0.3 is 9.64 Å². The zero-order valence-electron chi connectivity index (χ0n) is 14.5. The van der Waals surface area contributed by atoms with Crippen molar-refractivity contribution in [1.82, 2.24) is 14.6 Å². The number of hydrogen-bond acceptors (Lipinski definition) is 5. The molecule has 2 aromatic rings. The van der Waals surface area contributed by atoms with Crippen molar-refractivity contribution in [2.24, 2.45) is 0 Å². The average molecular weight is 375 g/mol. The van der Waals surface area contributed by atoms with Crippen LogP contribution in [0.5, 0.6) is 0 Å². The van der Waals surface area contributed by atoms with E-state index in [4.69, 9.17) is 4.74 Å². The Morgan fingerprint density at radius 3 is 2.69 bits per heavy atom. The molecule has 3 rings (SSSR count). The normalized spacial score (nSPS) is 15.3. The number of rotatable bonds is 7. The van der Waals surface area contributed by atoms with Gasteiger partial charge in [0.25, 0.3) is 5.91 Å². The van der Waals surface area contributed by atoms with Gasteiger partial charge in [0.2, 0.25) is 10.0 Å². The molecule has 0 radical (unpaired) electrons. The van der Waals surface area contributed by atoms with Gasteiger partial charge in [-0.3, -0.25) is 9.78 Å². The molecular formula is C18H21N3O4S. The molecule has 2 heterocycles. The maximum Gasteiger partial charge on any atom is 0.253 e. The highest BCUT2D eigenvalue weighted by atomic mass is 32.2. The van der Waals surface area contributed by atoms with Crippen molar-refractivity contribution in [3.05, 3.63) is 59.9 Å². The van der Waals surface area contributed by atoms with Crippen molar-refractivity contribution in [1.29, 1.82) is 0 Å². The van der Waals surface area contributed by atoms with E-state index in [0.29, 0.717) is 24.3 Å². The number of ether oxygens (including phenoxy) is 1. The summed E-state index contributed by atoms with van der Waals surface area (Å²) in [7, 11) is -2.34.